The molecule has 6 nitrogen and oxygen atoms in total. The van der Waals surface area contributed by atoms with Gasteiger partial charge in [-0.1, -0.05) is 0 Å². The van der Waals surface area contributed by atoms with E-state index in [9.17, 15) is 4.79 Å². The van der Waals surface area contributed by atoms with Gasteiger partial charge in [0.1, 0.15) is 29.6 Å². The van der Waals surface area contributed by atoms with Crippen LogP contribution in [0.25, 0.3) is 11.3 Å². The Hall–Kier alpha value is -2.77. The Morgan fingerprint density at radius 1 is 1.14 bits per heavy atom. The van der Waals surface area contributed by atoms with E-state index in [0.29, 0.717) is 45.3 Å². The molecular formula is C21H20BrNO5. The largest absolute Gasteiger partial charge is 0.496 e. The molecule has 2 aromatic carbocycles. The van der Waals surface area contributed by atoms with Crippen molar-refractivity contribution in [1.29, 1.82) is 0 Å². The SMILES string of the molecule is CCOc1ccc(C(=O)Nc2ccc(-c3ccc(CO)o3)c(OC)c2)cc1Br. The Balaban J connectivity index is 1.80. The van der Waals surface area contributed by atoms with Crippen molar-refractivity contribution in [3.05, 3.63) is 64.3 Å². The monoisotopic (exact) mass is 445 g/mol. The maximum absolute atomic E-state index is 12.6. The second kappa shape index (κ2) is 8.95. The summed E-state index contributed by atoms with van der Waals surface area (Å²) in [6.45, 7) is 2.28. The van der Waals surface area contributed by atoms with Crippen LogP contribution in [-0.4, -0.2) is 24.7 Å². The Morgan fingerprint density at radius 2 is 1.96 bits per heavy atom. The van der Waals surface area contributed by atoms with Crippen molar-refractivity contribution >= 4 is 27.5 Å². The lowest BCUT2D eigenvalue weighted by Gasteiger charge is -2.11. The van der Waals surface area contributed by atoms with Crippen molar-refractivity contribution < 1.29 is 23.8 Å². The Kier molecular flexibility index (Phi) is 6.38. The quantitative estimate of drug-likeness (QED) is 0.542. The summed E-state index contributed by atoms with van der Waals surface area (Å²) in [5.74, 6) is 2.03. The minimum absolute atomic E-state index is 0.173. The molecule has 0 aliphatic rings. The number of hydrogen-bond donors (Lipinski definition) is 2. The summed E-state index contributed by atoms with van der Waals surface area (Å²) in [7, 11) is 1.55. The van der Waals surface area contributed by atoms with Gasteiger partial charge in [0.2, 0.25) is 0 Å². The van der Waals surface area contributed by atoms with Crippen LogP contribution in [0.2, 0.25) is 0 Å². The number of ether oxygens (including phenoxy) is 2. The van der Waals surface area contributed by atoms with Crippen molar-refractivity contribution in [2.24, 2.45) is 0 Å². The highest BCUT2D eigenvalue weighted by atomic mass is 79.9. The molecule has 0 atom stereocenters. The van der Waals surface area contributed by atoms with Crippen LogP contribution >= 0.6 is 15.9 Å². The van der Waals surface area contributed by atoms with Gasteiger partial charge in [-0.2, -0.15) is 0 Å². The van der Waals surface area contributed by atoms with Crippen LogP contribution < -0.4 is 14.8 Å². The molecule has 7 heteroatoms. The van der Waals surface area contributed by atoms with Crippen molar-refractivity contribution in [3.63, 3.8) is 0 Å². The van der Waals surface area contributed by atoms with Crippen molar-refractivity contribution in [1.82, 2.24) is 0 Å². The summed E-state index contributed by atoms with van der Waals surface area (Å²) >= 11 is 3.41. The lowest BCUT2D eigenvalue weighted by atomic mass is 10.1. The number of nitrogens with one attached hydrogen (secondary N) is 1. The first-order valence-electron chi connectivity index (χ1n) is 8.67. The van der Waals surface area contributed by atoms with E-state index in [-0.39, 0.29) is 12.5 Å². The van der Waals surface area contributed by atoms with Crippen LogP contribution in [0.3, 0.4) is 0 Å². The van der Waals surface area contributed by atoms with E-state index >= 15 is 0 Å². The van der Waals surface area contributed by atoms with Gasteiger partial charge in [-0.15, -0.1) is 0 Å². The number of hydrogen-bond acceptors (Lipinski definition) is 5. The fraction of sp³-hybridized carbons (Fsp3) is 0.190. The molecular weight excluding hydrogens is 426 g/mol. The summed E-state index contributed by atoms with van der Waals surface area (Å²) in [6.07, 6.45) is 0. The highest BCUT2D eigenvalue weighted by Gasteiger charge is 2.14. The molecule has 146 valence electrons. The standard InChI is InChI=1S/C21H20BrNO5/c1-3-27-19-8-4-13(10-17(19)22)21(25)23-14-5-7-16(20(11-14)26-2)18-9-6-15(12-24)28-18/h4-11,24H,3,12H2,1-2H3,(H,23,25). The van der Waals surface area contributed by atoms with Gasteiger partial charge in [-0.05, 0) is 65.3 Å². The molecule has 0 fully saturated rings. The van der Waals surface area contributed by atoms with Crippen molar-refractivity contribution in [2.75, 3.05) is 19.0 Å². The molecule has 1 amide bonds. The number of amides is 1. The van der Waals surface area contributed by atoms with Crippen LogP contribution in [0, 0.1) is 0 Å². The highest BCUT2D eigenvalue weighted by Crippen LogP contribution is 2.34. The maximum Gasteiger partial charge on any atom is 0.255 e. The number of carbonyl (C=O) groups excluding carboxylic acids is 1. The molecule has 0 aliphatic carbocycles. The fourth-order valence-electron chi connectivity index (χ4n) is 2.70. The van der Waals surface area contributed by atoms with Gasteiger partial charge in [0.15, 0.2) is 0 Å². The van der Waals surface area contributed by atoms with Crippen LogP contribution in [0.4, 0.5) is 5.69 Å². The molecule has 0 unspecified atom stereocenters. The van der Waals surface area contributed by atoms with Gasteiger partial charge in [-0.3, -0.25) is 4.79 Å². The normalized spacial score (nSPS) is 10.6. The van der Waals surface area contributed by atoms with E-state index in [1.807, 2.05) is 6.92 Å². The first-order chi connectivity index (χ1) is 13.5. The zero-order valence-electron chi connectivity index (χ0n) is 15.5. The minimum atomic E-state index is -0.251. The molecule has 1 aromatic heterocycles. The van der Waals surface area contributed by atoms with E-state index in [0.717, 1.165) is 5.56 Å². The van der Waals surface area contributed by atoms with Gasteiger partial charge < -0.3 is 24.3 Å². The second-order valence-corrected chi connectivity index (χ2v) is 6.73. The summed E-state index contributed by atoms with van der Waals surface area (Å²) in [6, 6.07) is 13.9. The first kappa shape index (κ1) is 20.0. The Morgan fingerprint density at radius 3 is 2.61 bits per heavy atom. The predicted octanol–water partition coefficient (Wildman–Crippen LogP) is 4.86. The number of aliphatic hydroxyl groups is 1. The highest BCUT2D eigenvalue weighted by molar-refractivity contribution is 9.10. The van der Waals surface area contributed by atoms with Gasteiger partial charge >= 0.3 is 0 Å². The lowest BCUT2D eigenvalue weighted by molar-refractivity contribution is 0.102. The van der Waals surface area contributed by atoms with Crippen LogP contribution in [0.5, 0.6) is 11.5 Å². The summed E-state index contributed by atoms with van der Waals surface area (Å²) < 4.78 is 17.2. The molecule has 0 radical (unpaired) electrons. The van der Waals surface area contributed by atoms with E-state index in [1.165, 1.54) is 0 Å². The van der Waals surface area contributed by atoms with E-state index < -0.39 is 0 Å². The fourth-order valence-corrected chi connectivity index (χ4v) is 3.19. The van der Waals surface area contributed by atoms with E-state index in [4.69, 9.17) is 19.0 Å². The molecule has 0 saturated carbocycles. The number of carbonyl (C=O) groups is 1. The third kappa shape index (κ3) is 4.37. The number of halogens is 1. The molecule has 2 N–H and O–H groups in total. The van der Waals surface area contributed by atoms with E-state index in [2.05, 4.69) is 21.2 Å². The molecule has 0 bridgehead atoms. The molecule has 3 aromatic rings. The summed E-state index contributed by atoms with van der Waals surface area (Å²) in [5, 5.41) is 12.0. The van der Waals surface area contributed by atoms with E-state index in [1.54, 1.807) is 55.6 Å². The molecule has 3 rings (SSSR count). The zero-order chi connectivity index (χ0) is 20.1. The van der Waals surface area contributed by atoms with Crippen LogP contribution in [-0.2, 0) is 6.61 Å². The van der Waals surface area contributed by atoms with Gasteiger partial charge in [-0.25, -0.2) is 0 Å². The minimum Gasteiger partial charge on any atom is -0.496 e. The predicted molar refractivity (Wildman–Crippen MR) is 110 cm³/mol. The number of methoxy groups -OCH3 is 1. The van der Waals surface area contributed by atoms with Crippen LogP contribution in [0.15, 0.2) is 57.4 Å². The molecule has 28 heavy (non-hydrogen) atoms. The second-order valence-electron chi connectivity index (χ2n) is 5.87. The van der Waals surface area contributed by atoms with Crippen LogP contribution in [0.1, 0.15) is 23.0 Å². The van der Waals surface area contributed by atoms with Crippen molar-refractivity contribution in [2.45, 2.75) is 13.5 Å². The van der Waals surface area contributed by atoms with Gasteiger partial charge in [0.25, 0.3) is 5.91 Å². The smallest absolute Gasteiger partial charge is 0.255 e. The number of rotatable bonds is 7. The Bertz CT molecular complexity index is 983. The molecule has 0 saturated heterocycles. The average Bonchev–Trinajstić information content (AvgIpc) is 3.18. The van der Waals surface area contributed by atoms with Gasteiger partial charge in [0.05, 0.1) is 23.8 Å². The topological polar surface area (TPSA) is 80.9 Å². The first-order valence-corrected chi connectivity index (χ1v) is 9.46. The summed E-state index contributed by atoms with van der Waals surface area (Å²) in [4.78, 5) is 12.6. The Labute approximate surface area is 171 Å². The van der Waals surface area contributed by atoms with Gasteiger partial charge in [0, 0.05) is 17.3 Å². The lowest BCUT2D eigenvalue weighted by Crippen LogP contribution is -2.12. The molecule has 0 spiro atoms. The maximum atomic E-state index is 12.6. The van der Waals surface area contributed by atoms with Crippen molar-refractivity contribution in [3.8, 4) is 22.8 Å². The molecule has 1 heterocycles. The summed E-state index contributed by atoms with van der Waals surface area (Å²) in [5.41, 5.74) is 1.81. The number of furan rings is 1. The number of aliphatic hydroxyl groups excluding tert-OH is 1. The number of anilines is 1. The number of benzene rings is 2. The third-order valence-corrected chi connectivity index (χ3v) is 4.66. The molecule has 0 aliphatic heterocycles. The zero-order valence-corrected chi connectivity index (χ0v) is 17.1. The average molecular weight is 446 g/mol. The third-order valence-electron chi connectivity index (χ3n) is 4.04.